The van der Waals surface area contributed by atoms with Crippen molar-refractivity contribution in [3.05, 3.63) is 35.9 Å². The van der Waals surface area contributed by atoms with Gasteiger partial charge in [-0.25, -0.2) is 18.7 Å². The summed E-state index contributed by atoms with van der Waals surface area (Å²) in [5, 5.41) is 17.3. The molecule has 3 aromatic rings. The van der Waals surface area contributed by atoms with Crippen LogP contribution in [0.4, 0.5) is 20.8 Å². The maximum atomic E-state index is 14.9. The Hall–Kier alpha value is -3.17. The summed E-state index contributed by atoms with van der Waals surface area (Å²) in [5.41, 5.74) is 2.36. The number of amides is 1. The molecule has 3 atom stereocenters. The van der Waals surface area contributed by atoms with Crippen molar-refractivity contribution >= 4 is 23.2 Å². The van der Waals surface area contributed by atoms with Gasteiger partial charge in [0.1, 0.15) is 17.8 Å². The van der Waals surface area contributed by atoms with Crippen LogP contribution in [0.1, 0.15) is 44.0 Å². The van der Waals surface area contributed by atoms with E-state index in [2.05, 4.69) is 30.9 Å². The van der Waals surface area contributed by atoms with Crippen molar-refractivity contribution < 1.29 is 13.9 Å². The van der Waals surface area contributed by atoms with E-state index in [-0.39, 0.29) is 6.04 Å². The summed E-state index contributed by atoms with van der Waals surface area (Å²) in [6.07, 6.45) is 1.81. The Morgan fingerprint density at radius 1 is 1.38 bits per heavy atom. The van der Waals surface area contributed by atoms with Crippen molar-refractivity contribution in [1.29, 1.82) is 0 Å². The Morgan fingerprint density at radius 2 is 2.21 bits per heavy atom. The fourth-order valence-corrected chi connectivity index (χ4v) is 3.63. The lowest BCUT2D eigenvalue weighted by Crippen LogP contribution is -2.36. The molecule has 0 saturated heterocycles. The van der Waals surface area contributed by atoms with E-state index >= 15 is 0 Å². The number of hydrogen-bond acceptors (Lipinski definition) is 6. The van der Waals surface area contributed by atoms with Crippen molar-refractivity contribution in [3.63, 3.8) is 0 Å². The number of nitrogens with one attached hydrogen (secondary N) is 3. The van der Waals surface area contributed by atoms with Crippen LogP contribution in [0.3, 0.4) is 0 Å². The molecule has 0 aromatic carbocycles. The molecular formula is C19H24FN7O2. The van der Waals surface area contributed by atoms with Gasteiger partial charge >= 0.3 is 6.09 Å². The molecule has 0 bridgehead atoms. The van der Waals surface area contributed by atoms with Crippen LogP contribution < -0.4 is 10.6 Å². The molecule has 1 saturated carbocycles. The van der Waals surface area contributed by atoms with E-state index in [1.54, 1.807) is 23.0 Å². The minimum atomic E-state index is -1.29. The fraction of sp³-hybridized carbons (Fsp3) is 0.474. The van der Waals surface area contributed by atoms with Gasteiger partial charge in [0.25, 0.3) is 0 Å². The molecule has 1 fully saturated rings. The van der Waals surface area contributed by atoms with Crippen LogP contribution >= 0.6 is 0 Å². The maximum Gasteiger partial charge on any atom is 0.407 e. The van der Waals surface area contributed by atoms with Gasteiger partial charge in [0.15, 0.2) is 11.6 Å². The average Bonchev–Trinajstić information content (AvgIpc) is 3.34. The lowest BCUT2D eigenvalue weighted by atomic mass is 10.0. The van der Waals surface area contributed by atoms with Crippen LogP contribution in [-0.2, 0) is 4.74 Å². The van der Waals surface area contributed by atoms with E-state index in [9.17, 15) is 9.18 Å². The molecule has 1 aliphatic rings. The number of halogens is 1. The lowest BCUT2D eigenvalue weighted by molar-refractivity contribution is 0.0555. The van der Waals surface area contributed by atoms with Gasteiger partial charge in [-0.3, -0.25) is 5.10 Å². The molecule has 4 rings (SSSR count). The minimum Gasteiger partial charge on any atom is -0.443 e. The number of aryl methyl sites for hydroxylation is 1. The summed E-state index contributed by atoms with van der Waals surface area (Å²) in [6.45, 7) is 5.56. The van der Waals surface area contributed by atoms with Crippen LogP contribution in [0.5, 0.6) is 0 Å². The van der Waals surface area contributed by atoms with Crippen molar-refractivity contribution in [1.82, 2.24) is 30.1 Å². The van der Waals surface area contributed by atoms with Gasteiger partial charge in [-0.2, -0.15) is 10.2 Å². The van der Waals surface area contributed by atoms with Gasteiger partial charge in [-0.15, -0.1) is 0 Å². The molecule has 0 spiro atoms. The third-order valence-corrected chi connectivity index (χ3v) is 4.92. The normalized spacial score (nSPS) is 21.6. The maximum absolute atomic E-state index is 14.9. The number of anilines is 2. The quantitative estimate of drug-likeness (QED) is 0.606. The molecule has 9 nitrogen and oxygen atoms in total. The number of fused-ring (bicyclic) bond motifs is 1. The molecule has 1 amide bonds. The molecule has 0 aliphatic heterocycles. The number of aromatic nitrogens is 5. The number of ether oxygens (including phenoxy) is 1. The zero-order chi connectivity index (χ0) is 20.5. The second kappa shape index (κ2) is 7.69. The van der Waals surface area contributed by atoms with Crippen molar-refractivity contribution in [2.75, 3.05) is 5.32 Å². The second-order valence-electron chi connectivity index (χ2n) is 7.60. The highest BCUT2D eigenvalue weighted by molar-refractivity contribution is 5.72. The summed E-state index contributed by atoms with van der Waals surface area (Å²) in [6, 6.07) is 3.63. The third-order valence-electron chi connectivity index (χ3n) is 4.92. The standard InChI is InChI=1S/C19H24FN7O2/c1-10(2)22-19(28)29-15-5-4-12(17(15)20)13-9-16(25-24-13)23-18-14-8-11(3)26-27(14)7-6-21-18/h6-10,12,15,17H,4-5H2,1-3H3,(H,22,28)(H2,21,23,24,25)/t12-,15-,17-/m1/s1. The molecule has 10 heteroatoms. The number of H-pyrrole nitrogens is 1. The Labute approximate surface area is 167 Å². The van der Waals surface area contributed by atoms with Gasteiger partial charge in [0.2, 0.25) is 0 Å². The van der Waals surface area contributed by atoms with E-state index < -0.39 is 24.3 Å². The number of hydrogen-bond donors (Lipinski definition) is 3. The SMILES string of the molecule is Cc1cc2c(Nc3cc([C@H]4CC[C@@H](OC(=O)NC(C)C)[C@@H]4F)[nH]n3)nccn2n1. The largest absolute Gasteiger partial charge is 0.443 e. The zero-order valence-corrected chi connectivity index (χ0v) is 16.5. The summed E-state index contributed by atoms with van der Waals surface area (Å²) < 4.78 is 21.9. The molecule has 0 radical (unpaired) electrons. The van der Waals surface area contributed by atoms with Crippen LogP contribution in [0.2, 0.25) is 0 Å². The summed E-state index contributed by atoms with van der Waals surface area (Å²) >= 11 is 0. The van der Waals surface area contributed by atoms with Gasteiger partial charge < -0.3 is 15.4 Å². The lowest BCUT2D eigenvalue weighted by Gasteiger charge is -2.18. The van der Waals surface area contributed by atoms with Gasteiger partial charge in [-0.05, 0) is 39.7 Å². The van der Waals surface area contributed by atoms with Crippen LogP contribution in [0.15, 0.2) is 24.5 Å². The van der Waals surface area contributed by atoms with Gasteiger partial charge in [0.05, 0.1) is 5.69 Å². The van der Waals surface area contributed by atoms with E-state index in [1.165, 1.54) is 0 Å². The first-order valence-electron chi connectivity index (χ1n) is 9.65. The highest BCUT2D eigenvalue weighted by atomic mass is 19.1. The highest BCUT2D eigenvalue weighted by Gasteiger charge is 2.40. The van der Waals surface area contributed by atoms with Crippen LogP contribution in [-0.4, -0.2) is 49.2 Å². The number of alkyl halides is 1. The van der Waals surface area contributed by atoms with Crippen molar-refractivity contribution in [3.8, 4) is 0 Å². The summed E-state index contributed by atoms with van der Waals surface area (Å²) in [4.78, 5) is 16.1. The molecule has 154 valence electrons. The predicted molar refractivity (Wildman–Crippen MR) is 105 cm³/mol. The second-order valence-corrected chi connectivity index (χ2v) is 7.60. The molecule has 3 aromatic heterocycles. The smallest absolute Gasteiger partial charge is 0.407 e. The average molecular weight is 401 g/mol. The first kappa shape index (κ1) is 19.2. The number of carbonyl (C=O) groups is 1. The number of aromatic amines is 1. The first-order valence-corrected chi connectivity index (χ1v) is 9.65. The highest BCUT2D eigenvalue weighted by Crippen LogP contribution is 2.38. The summed E-state index contributed by atoms with van der Waals surface area (Å²) in [7, 11) is 0. The summed E-state index contributed by atoms with van der Waals surface area (Å²) in [5.74, 6) is 0.741. The molecule has 3 heterocycles. The van der Waals surface area contributed by atoms with E-state index in [4.69, 9.17) is 4.74 Å². The molecule has 0 unspecified atom stereocenters. The van der Waals surface area contributed by atoms with E-state index in [0.29, 0.717) is 30.2 Å². The topological polar surface area (TPSA) is 109 Å². The minimum absolute atomic E-state index is 0.0587. The third kappa shape index (κ3) is 4.01. The molecule has 3 N–H and O–H groups in total. The fourth-order valence-electron chi connectivity index (χ4n) is 3.63. The number of alkyl carbamates (subject to hydrolysis) is 1. The van der Waals surface area contributed by atoms with E-state index in [0.717, 1.165) is 11.2 Å². The van der Waals surface area contributed by atoms with Gasteiger partial charge in [0, 0.05) is 36.1 Å². The number of rotatable bonds is 5. The Bertz CT molecular complexity index is 1020. The predicted octanol–water partition coefficient (Wildman–Crippen LogP) is 3.22. The zero-order valence-electron chi connectivity index (χ0n) is 16.5. The first-order chi connectivity index (χ1) is 13.9. The Kier molecular flexibility index (Phi) is 5.08. The number of nitrogens with zero attached hydrogens (tertiary/aromatic N) is 4. The Morgan fingerprint density at radius 3 is 3.00 bits per heavy atom. The van der Waals surface area contributed by atoms with Crippen molar-refractivity contribution in [2.45, 2.75) is 57.8 Å². The van der Waals surface area contributed by atoms with Gasteiger partial charge in [-0.1, -0.05) is 0 Å². The molecule has 1 aliphatic carbocycles. The van der Waals surface area contributed by atoms with E-state index in [1.807, 2.05) is 26.8 Å². The van der Waals surface area contributed by atoms with Crippen LogP contribution in [0, 0.1) is 6.92 Å². The van der Waals surface area contributed by atoms with Crippen molar-refractivity contribution in [2.24, 2.45) is 0 Å². The Balaban J connectivity index is 1.44. The molecule has 29 heavy (non-hydrogen) atoms. The number of carbonyl (C=O) groups excluding carboxylic acids is 1. The van der Waals surface area contributed by atoms with Crippen LogP contribution in [0.25, 0.3) is 5.52 Å². The monoisotopic (exact) mass is 401 g/mol. The molecular weight excluding hydrogens is 377 g/mol.